The average molecular weight is 371 g/mol. The highest BCUT2D eigenvalue weighted by Gasteiger charge is 2.20. The summed E-state index contributed by atoms with van der Waals surface area (Å²) in [4.78, 5) is 11.5. The summed E-state index contributed by atoms with van der Waals surface area (Å²) >= 11 is 0. The number of anilines is 1. The fourth-order valence-corrected chi connectivity index (χ4v) is 3.52. The Labute approximate surface area is 157 Å². The van der Waals surface area contributed by atoms with Crippen molar-refractivity contribution in [2.24, 2.45) is 0 Å². The monoisotopic (exact) mass is 371 g/mol. The lowest BCUT2D eigenvalue weighted by molar-refractivity contribution is 0.241. The van der Waals surface area contributed by atoms with Gasteiger partial charge in [0.05, 0.1) is 11.7 Å². The Balaban J connectivity index is 1.52. The number of nitrogens with two attached hydrogens (primary N) is 1. The van der Waals surface area contributed by atoms with Gasteiger partial charge in [0.25, 0.3) is 0 Å². The molecule has 0 spiro atoms. The smallest absolute Gasteiger partial charge is 0.199 e. The number of hydrogen-bond acceptors (Lipinski definition) is 9. The molecule has 1 aliphatic heterocycles. The topological polar surface area (TPSA) is 123 Å². The maximum atomic E-state index is 5.87. The van der Waals surface area contributed by atoms with Crippen molar-refractivity contribution in [2.45, 2.75) is 20.0 Å². The van der Waals surface area contributed by atoms with E-state index in [9.17, 15) is 0 Å². The summed E-state index contributed by atoms with van der Waals surface area (Å²) in [7, 11) is 0. The number of nitrogen functional groups attached to an aromatic ring is 1. The third kappa shape index (κ3) is 3.64. The number of fused-ring (bicyclic) bond motifs is 1. The minimum absolute atomic E-state index is 0.240. The van der Waals surface area contributed by atoms with Crippen molar-refractivity contribution in [3.8, 4) is 11.5 Å². The summed E-state index contributed by atoms with van der Waals surface area (Å²) in [6.45, 7) is 9.87. The van der Waals surface area contributed by atoms with E-state index in [1.54, 1.807) is 6.20 Å². The first-order chi connectivity index (χ1) is 13.3. The van der Waals surface area contributed by atoms with E-state index < -0.39 is 0 Å². The summed E-state index contributed by atoms with van der Waals surface area (Å²) in [6.07, 6.45) is 3.65. The molecule has 4 N–H and O–H groups in total. The molecule has 27 heavy (non-hydrogen) atoms. The van der Waals surface area contributed by atoms with Gasteiger partial charge >= 0.3 is 0 Å². The first-order valence-corrected chi connectivity index (χ1v) is 9.33. The number of aromatic nitrogens is 5. The molecule has 10 heteroatoms. The molecule has 1 saturated heterocycles. The third-order valence-electron chi connectivity index (χ3n) is 4.90. The first-order valence-electron chi connectivity index (χ1n) is 9.33. The number of nitrogens with one attached hydrogen (secondary N) is 2. The summed E-state index contributed by atoms with van der Waals surface area (Å²) in [5, 5.41) is 14.5. The van der Waals surface area contributed by atoms with Crippen molar-refractivity contribution >= 4 is 16.9 Å². The molecule has 1 aliphatic rings. The molecule has 0 atom stereocenters. The van der Waals surface area contributed by atoms with Gasteiger partial charge in [-0.05, 0) is 17.2 Å². The Morgan fingerprint density at radius 2 is 2.11 bits per heavy atom. The van der Waals surface area contributed by atoms with Crippen molar-refractivity contribution in [1.82, 2.24) is 40.4 Å². The second-order valence-corrected chi connectivity index (χ2v) is 6.61. The summed E-state index contributed by atoms with van der Waals surface area (Å²) in [5.74, 6) is 0.893. The second-order valence-electron chi connectivity index (χ2n) is 6.61. The number of piperazine rings is 1. The second kappa shape index (κ2) is 7.99. The quantitative estimate of drug-likeness (QED) is 0.495. The van der Waals surface area contributed by atoms with Gasteiger partial charge in [-0.15, -0.1) is 0 Å². The van der Waals surface area contributed by atoms with Crippen molar-refractivity contribution < 1.29 is 4.63 Å². The van der Waals surface area contributed by atoms with Gasteiger partial charge in [-0.2, -0.15) is 0 Å². The van der Waals surface area contributed by atoms with Crippen molar-refractivity contribution in [3.63, 3.8) is 0 Å². The van der Waals surface area contributed by atoms with E-state index in [4.69, 9.17) is 10.4 Å². The van der Waals surface area contributed by atoms with Gasteiger partial charge in [-0.25, -0.2) is 9.61 Å². The summed E-state index contributed by atoms with van der Waals surface area (Å²) in [5.41, 5.74) is 9.29. The fraction of sp³-hybridized carbons (Fsp3) is 0.529. The molecule has 1 fully saturated rings. The lowest BCUT2D eigenvalue weighted by Crippen LogP contribution is -2.45. The van der Waals surface area contributed by atoms with Crippen molar-refractivity contribution in [2.75, 3.05) is 45.0 Å². The Bertz CT molecular complexity index is 897. The Hall–Kier alpha value is -2.56. The van der Waals surface area contributed by atoms with Crippen LogP contribution in [0.15, 0.2) is 17.0 Å². The molecule has 4 rings (SSSR count). The van der Waals surface area contributed by atoms with Gasteiger partial charge in [0.15, 0.2) is 17.3 Å². The molecule has 0 unspecified atom stereocenters. The van der Waals surface area contributed by atoms with Crippen LogP contribution >= 0.6 is 0 Å². The predicted molar refractivity (Wildman–Crippen MR) is 102 cm³/mol. The highest BCUT2D eigenvalue weighted by atomic mass is 16.6. The van der Waals surface area contributed by atoms with Gasteiger partial charge in [0, 0.05) is 64.1 Å². The zero-order valence-corrected chi connectivity index (χ0v) is 15.5. The molecule has 3 aromatic rings. The number of nitrogens with zero attached hydrogens (tertiary/aromatic N) is 6. The zero-order valence-electron chi connectivity index (χ0n) is 15.5. The van der Waals surface area contributed by atoms with Crippen LogP contribution in [-0.4, -0.2) is 69.0 Å². The SMILES string of the molecule is CCn1c(-c2nonc2N)nc2cncc(CNCCN3CCNCC3)c21. The maximum absolute atomic E-state index is 5.87. The van der Waals surface area contributed by atoms with Crippen LogP contribution in [-0.2, 0) is 13.1 Å². The van der Waals surface area contributed by atoms with E-state index in [1.807, 2.05) is 6.20 Å². The Kier molecular flexibility index (Phi) is 5.28. The first kappa shape index (κ1) is 17.8. The molecule has 0 aliphatic carbocycles. The number of rotatable bonds is 7. The normalized spacial score (nSPS) is 15.6. The van der Waals surface area contributed by atoms with Gasteiger partial charge in [0.1, 0.15) is 5.52 Å². The van der Waals surface area contributed by atoms with E-state index in [0.717, 1.165) is 69.0 Å². The molecule has 0 amide bonds. The van der Waals surface area contributed by atoms with Crippen LogP contribution in [0.2, 0.25) is 0 Å². The molecule has 0 aromatic carbocycles. The Morgan fingerprint density at radius 1 is 1.26 bits per heavy atom. The summed E-state index contributed by atoms with van der Waals surface area (Å²) < 4.78 is 6.83. The lowest BCUT2D eigenvalue weighted by Gasteiger charge is -2.27. The molecule has 3 aromatic heterocycles. The van der Waals surface area contributed by atoms with Crippen molar-refractivity contribution in [1.29, 1.82) is 0 Å². The van der Waals surface area contributed by atoms with E-state index in [1.165, 1.54) is 0 Å². The van der Waals surface area contributed by atoms with Gasteiger partial charge in [0.2, 0.25) is 0 Å². The van der Waals surface area contributed by atoms with Gasteiger partial charge in [-0.1, -0.05) is 0 Å². The van der Waals surface area contributed by atoms with Crippen LogP contribution in [0.4, 0.5) is 5.82 Å². The number of aryl methyl sites for hydroxylation is 1. The Morgan fingerprint density at radius 3 is 2.85 bits per heavy atom. The van der Waals surface area contributed by atoms with Gasteiger partial charge in [-0.3, -0.25) is 9.88 Å². The highest BCUT2D eigenvalue weighted by Crippen LogP contribution is 2.27. The standard InChI is InChI=1S/C17H25N9O/c1-2-26-15-12(9-20-5-8-25-6-3-19-4-7-25)10-21-11-13(15)22-17(26)14-16(18)24-27-23-14/h10-11,19-20H,2-9H2,1H3,(H2,18,24). The number of imidazole rings is 1. The zero-order chi connectivity index (χ0) is 18.6. The number of hydrogen-bond donors (Lipinski definition) is 3. The molecule has 10 nitrogen and oxygen atoms in total. The third-order valence-corrected chi connectivity index (χ3v) is 4.90. The van der Waals surface area contributed by atoms with Gasteiger partial charge < -0.3 is 20.9 Å². The lowest BCUT2D eigenvalue weighted by atomic mass is 10.2. The van der Waals surface area contributed by atoms with E-state index in [0.29, 0.717) is 11.5 Å². The largest absolute Gasteiger partial charge is 0.379 e. The minimum Gasteiger partial charge on any atom is -0.379 e. The maximum Gasteiger partial charge on any atom is 0.199 e. The van der Waals surface area contributed by atoms with Crippen LogP contribution in [0.5, 0.6) is 0 Å². The molecule has 4 heterocycles. The van der Waals surface area contributed by atoms with Crippen molar-refractivity contribution in [3.05, 3.63) is 18.0 Å². The fourth-order valence-electron chi connectivity index (χ4n) is 3.52. The molecule has 0 radical (unpaired) electrons. The molecule has 144 valence electrons. The van der Waals surface area contributed by atoms with Crippen LogP contribution in [0, 0.1) is 0 Å². The summed E-state index contributed by atoms with van der Waals surface area (Å²) in [6, 6.07) is 0. The van der Waals surface area contributed by atoms with Crippen LogP contribution in [0.1, 0.15) is 12.5 Å². The van der Waals surface area contributed by atoms with E-state index in [2.05, 4.69) is 47.3 Å². The van der Waals surface area contributed by atoms with Crippen LogP contribution < -0.4 is 16.4 Å². The molecule has 0 saturated carbocycles. The predicted octanol–water partition coefficient (Wildman–Crippen LogP) is 0.0782. The van der Waals surface area contributed by atoms with E-state index >= 15 is 0 Å². The highest BCUT2D eigenvalue weighted by molar-refractivity contribution is 5.83. The minimum atomic E-state index is 0.240. The molecule has 0 bridgehead atoms. The molecular formula is C17H25N9O. The van der Waals surface area contributed by atoms with Crippen LogP contribution in [0.25, 0.3) is 22.6 Å². The number of pyridine rings is 1. The molecular weight excluding hydrogens is 346 g/mol. The van der Waals surface area contributed by atoms with Crippen LogP contribution in [0.3, 0.4) is 0 Å². The average Bonchev–Trinajstić information content (AvgIpc) is 3.29. The van der Waals surface area contributed by atoms with E-state index in [-0.39, 0.29) is 5.82 Å².